The van der Waals surface area contributed by atoms with Gasteiger partial charge in [0.15, 0.2) is 0 Å². The van der Waals surface area contributed by atoms with E-state index in [2.05, 4.69) is 0 Å². The maximum atomic E-state index is 13.4. The Hall–Kier alpha value is -0.680. The van der Waals surface area contributed by atoms with Gasteiger partial charge < -0.3 is 0 Å². The van der Waals surface area contributed by atoms with Crippen molar-refractivity contribution in [3.63, 3.8) is 0 Å². The third kappa shape index (κ3) is 2.58. The molecule has 0 aromatic heterocycles. The van der Waals surface area contributed by atoms with Crippen LogP contribution in [0.5, 0.6) is 0 Å². The fourth-order valence-corrected chi connectivity index (χ4v) is 1.58. The molecule has 0 saturated carbocycles. The van der Waals surface area contributed by atoms with Gasteiger partial charge in [0.25, 0.3) is 0 Å². The predicted molar refractivity (Wildman–Crippen MR) is 59.0 cm³/mol. The van der Waals surface area contributed by atoms with E-state index >= 15 is 0 Å². The lowest BCUT2D eigenvalue weighted by Crippen LogP contribution is -2.59. The van der Waals surface area contributed by atoms with E-state index in [1.54, 1.807) is 22.6 Å². The van der Waals surface area contributed by atoms with Crippen molar-refractivity contribution in [1.82, 2.24) is 0 Å². The Kier molecular flexibility index (Phi) is 4.30. The van der Waals surface area contributed by atoms with E-state index in [1.165, 1.54) is 0 Å². The number of halogens is 10. The second-order valence-corrected chi connectivity index (χ2v) is 4.97. The fourth-order valence-electron chi connectivity index (χ4n) is 1.22. The highest BCUT2D eigenvalue weighted by Gasteiger charge is 2.81. The van der Waals surface area contributed by atoms with Gasteiger partial charge >= 0.3 is 23.9 Å². The fraction of sp³-hybridized carbons (Fsp3) is 0.400. The molecule has 0 radical (unpaired) electrons. The molecule has 0 spiro atoms. The third-order valence-corrected chi connectivity index (χ3v) is 3.07. The van der Waals surface area contributed by atoms with Gasteiger partial charge in [-0.05, 0) is 34.7 Å². The van der Waals surface area contributed by atoms with E-state index in [-0.39, 0.29) is 0 Å². The van der Waals surface area contributed by atoms with Gasteiger partial charge in [0.2, 0.25) is 0 Å². The minimum atomic E-state index is -6.87. The standard InChI is InChI=1S/C10H4F9I/c11-7(12,5-1-3-6(20)4-2-5)8(13,14)9(15,16)10(17,18)19/h1-4H. The van der Waals surface area contributed by atoms with Gasteiger partial charge in [-0.3, -0.25) is 0 Å². The lowest BCUT2D eigenvalue weighted by atomic mass is 9.97. The van der Waals surface area contributed by atoms with Gasteiger partial charge in [0.1, 0.15) is 0 Å². The first-order valence-corrected chi connectivity index (χ1v) is 5.79. The monoisotopic (exact) mass is 422 g/mol. The first-order valence-electron chi connectivity index (χ1n) is 4.71. The molecule has 0 unspecified atom stereocenters. The Morgan fingerprint density at radius 2 is 1.05 bits per heavy atom. The van der Waals surface area contributed by atoms with Crippen molar-refractivity contribution in [3.05, 3.63) is 33.4 Å². The van der Waals surface area contributed by atoms with Crippen LogP contribution in [-0.4, -0.2) is 18.0 Å². The van der Waals surface area contributed by atoms with E-state index < -0.39 is 29.5 Å². The van der Waals surface area contributed by atoms with Crippen LogP contribution in [0.2, 0.25) is 0 Å². The van der Waals surface area contributed by atoms with Crippen molar-refractivity contribution in [3.8, 4) is 0 Å². The van der Waals surface area contributed by atoms with Crippen molar-refractivity contribution >= 4 is 22.6 Å². The van der Waals surface area contributed by atoms with Crippen LogP contribution in [0.25, 0.3) is 0 Å². The van der Waals surface area contributed by atoms with E-state index in [9.17, 15) is 39.5 Å². The van der Waals surface area contributed by atoms with E-state index in [1.807, 2.05) is 0 Å². The number of rotatable bonds is 3. The van der Waals surface area contributed by atoms with Gasteiger partial charge in [-0.25, -0.2) is 0 Å². The molecule has 1 rings (SSSR count). The van der Waals surface area contributed by atoms with Crippen molar-refractivity contribution in [2.24, 2.45) is 0 Å². The molecule has 114 valence electrons. The van der Waals surface area contributed by atoms with Gasteiger partial charge in [-0.15, -0.1) is 0 Å². The first kappa shape index (κ1) is 17.4. The second-order valence-electron chi connectivity index (χ2n) is 3.73. The van der Waals surface area contributed by atoms with E-state index in [4.69, 9.17) is 0 Å². The van der Waals surface area contributed by atoms with E-state index in [0.29, 0.717) is 15.7 Å². The number of benzene rings is 1. The minimum absolute atomic E-state index is 0.313. The molecule has 0 atom stereocenters. The number of alkyl halides is 9. The zero-order valence-electron chi connectivity index (χ0n) is 9.09. The molecule has 20 heavy (non-hydrogen) atoms. The van der Waals surface area contributed by atoms with Crippen molar-refractivity contribution in [1.29, 1.82) is 0 Å². The maximum absolute atomic E-state index is 13.4. The zero-order valence-corrected chi connectivity index (χ0v) is 11.2. The molecule has 0 aliphatic carbocycles. The van der Waals surface area contributed by atoms with Gasteiger partial charge in [0, 0.05) is 9.13 Å². The molecule has 0 aliphatic rings. The highest BCUT2D eigenvalue weighted by Crippen LogP contribution is 2.56. The summed E-state index contributed by atoms with van der Waals surface area (Å²) in [5, 5.41) is 0. The quantitative estimate of drug-likeness (QED) is 0.464. The van der Waals surface area contributed by atoms with Crippen LogP contribution < -0.4 is 0 Å². The molecule has 10 heteroatoms. The van der Waals surface area contributed by atoms with Crippen LogP contribution >= 0.6 is 22.6 Å². The van der Waals surface area contributed by atoms with Crippen molar-refractivity contribution in [2.45, 2.75) is 23.9 Å². The summed E-state index contributed by atoms with van der Waals surface area (Å²) < 4.78 is 114. The summed E-state index contributed by atoms with van der Waals surface area (Å²) in [6, 6.07) is 2.49. The molecule has 0 saturated heterocycles. The average Bonchev–Trinajstić information content (AvgIpc) is 2.27. The van der Waals surface area contributed by atoms with Crippen LogP contribution in [0.4, 0.5) is 39.5 Å². The largest absolute Gasteiger partial charge is 0.460 e. The Morgan fingerprint density at radius 1 is 0.650 bits per heavy atom. The van der Waals surface area contributed by atoms with Crippen LogP contribution in [0, 0.1) is 3.57 Å². The zero-order chi connectivity index (χ0) is 16.0. The summed E-state index contributed by atoms with van der Waals surface area (Å²) in [6.07, 6.45) is -6.80. The smallest absolute Gasteiger partial charge is 0.194 e. The Bertz CT molecular complexity index is 474. The van der Waals surface area contributed by atoms with Crippen LogP contribution in [-0.2, 0) is 5.92 Å². The molecule has 0 heterocycles. The third-order valence-electron chi connectivity index (χ3n) is 2.35. The first-order chi connectivity index (χ1) is 8.75. The molecule has 0 N–H and O–H groups in total. The molecular formula is C10H4F9I. The highest BCUT2D eigenvalue weighted by atomic mass is 127. The van der Waals surface area contributed by atoms with Crippen LogP contribution in [0.1, 0.15) is 5.56 Å². The summed E-state index contributed by atoms with van der Waals surface area (Å²) in [5.74, 6) is -19.2. The normalized spacial score (nSPS) is 14.5. The Labute approximate surface area is 120 Å². The summed E-state index contributed by atoms with van der Waals surface area (Å²) in [6.45, 7) is 0. The lowest BCUT2D eigenvalue weighted by Gasteiger charge is -2.33. The van der Waals surface area contributed by atoms with Gasteiger partial charge in [0.05, 0.1) is 0 Å². The molecule has 0 fully saturated rings. The summed E-state index contributed by atoms with van der Waals surface area (Å²) >= 11 is 1.61. The molecule has 0 bridgehead atoms. The van der Waals surface area contributed by atoms with Crippen molar-refractivity contribution in [2.75, 3.05) is 0 Å². The van der Waals surface area contributed by atoms with Crippen LogP contribution in [0.3, 0.4) is 0 Å². The Balaban J connectivity index is 3.35. The number of hydrogen-bond donors (Lipinski definition) is 0. The van der Waals surface area contributed by atoms with E-state index in [0.717, 1.165) is 12.1 Å². The maximum Gasteiger partial charge on any atom is 0.460 e. The van der Waals surface area contributed by atoms with Crippen LogP contribution in [0.15, 0.2) is 24.3 Å². The highest BCUT2D eigenvalue weighted by molar-refractivity contribution is 14.1. The molecule has 1 aromatic carbocycles. The summed E-state index contributed by atoms with van der Waals surface area (Å²) in [7, 11) is 0. The summed E-state index contributed by atoms with van der Waals surface area (Å²) in [4.78, 5) is 0. The molecular weight excluding hydrogens is 418 g/mol. The number of hydrogen-bond acceptors (Lipinski definition) is 0. The molecule has 0 nitrogen and oxygen atoms in total. The second kappa shape index (κ2) is 4.95. The molecule has 1 aromatic rings. The van der Waals surface area contributed by atoms with Gasteiger partial charge in [-0.1, -0.05) is 12.1 Å². The average molecular weight is 422 g/mol. The Morgan fingerprint density at radius 3 is 1.40 bits per heavy atom. The molecule has 0 amide bonds. The van der Waals surface area contributed by atoms with Gasteiger partial charge in [-0.2, -0.15) is 39.5 Å². The topological polar surface area (TPSA) is 0 Å². The molecule has 0 aliphatic heterocycles. The summed E-state index contributed by atoms with van der Waals surface area (Å²) in [5.41, 5.74) is -1.63. The lowest BCUT2D eigenvalue weighted by molar-refractivity contribution is -0.399. The predicted octanol–water partition coefficient (Wildman–Crippen LogP) is 5.22. The van der Waals surface area contributed by atoms with Crippen molar-refractivity contribution < 1.29 is 39.5 Å². The minimum Gasteiger partial charge on any atom is -0.194 e. The SMILES string of the molecule is FC(F)(F)C(F)(F)C(F)(F)C(F)(F)c1ccc(I)cc1.